The van der Waals surface area contributed by atoms with E-state index in [0.29, 0.717) is 19.8 Å². The molecule has 2 N–H and O–H groups in total. The molecule has 92 valence electrons. The predicted molar refractivity (Wildman–Crippen MR) is 64.0 cm³/mol. The normalized spacial score (nSPS) is 12.0. The number of hydrogen-bond donors (Lipinski definition) is 1. The minimum atomic E-state index is -0.149. The van der Waals surface area contributed by atoms with Crippen LogP contribution in [0.2, 0.25) is 0 Å². The van der Waals surface area contributed by atoms with Crippen LogP contribution < -0.4 is 5.73 Å². The zero-order chi connectivity index (χ0) is 11.6. The van der Waals surface area contributed by atoms with Gasteiger partial charge in [0.2, 0.25) is 0 Å². The molecule has 0 heterocycles. The first-order chi connectivity index (χ1) is 7.18. The molecule has 0 spiro atoms. The van der Waals surface area contributed by atoms with Crippen molar-refractivity contribution in [2.75, 3.05) is 26.4 Å². The van der Waals surface area contributed by atoms with E-state index in [1.165, 1.54) is 6.42 Å². The molecule has 0 radical (unpaired) electrons. The quantitative estimate of drug-likeness (QED) is 0.571. The lowest BCUT2D eigenvalue weighted by atomic mass is 9.96. The van der Waals surface area contributed by atoms with Gasteiger partial charge in [-0.2, -0.15) is 0 Å². The summed E-state index contributed by atoms with van der Waals surface area (Å²) < 4.78 is 10.9. The van der Waals surface area contributed by atoms with Crippen molar-refractivity contribution >= 4 is 0 Å². The summed E-state index contributed by atoms with van der Waals surface area (Å²) in [6.07, 6.45) is 4.23. The van der Waals surface area contributed by atoms with E-state index in [1.807, 2.05) is 0 Å². The average molecular weight is 217 g/mol. The number of ether oxygens (including phenoxy) is 2. The second-order valence-electron chi connectivity index (χ2n) is 4.09. The van der Waals surface area contributed by atoms with Crippen LogP contribution in [0.1, 0.15) is 46.5 Å². The van der Waals surface area contributed by atoms with Gasteiger partial charge in [-0.05, 0) is 19.3 Å². The third-order valence-corrected chi connectivity index (χ3v) is 2.81. The molecular weight excluding hydrogens is 190 g/mol. The van der Waals surface area contributed by atoms with Gasteiger partial charge in [-0.25, -0.2) is 0 Å². The van der Waals surface area contributed by atoms with E-state index in [2.05, 4.69) is 20.8 Å². The van der Waals surface area contributed by atoms with Crippen LogP contribution in [0.15, 0.2) is 0 Å². The highest BCUT2D eigenvalue weighted by Gasteiger charge is 2.19. The molecule has 0 aliphatic carbocycles. The molecule has 0 amide bonds. The Bertz CT molecular complexity index is 136. The Balaban J connectivity index is 3.29. The van der Waals surface area contributed by atoms with Crippen molar-refractivity contribution in [3.63, 3.8) is 0 Å². The van der Waals surface area contributed by atoms with E-state index >= 15 is 0 Å². The van der Waals surface area contributed by atoms with Crippen LogP contribution in [0.5, 0.6) is 0 Å². The highest BCUT2D eigenvalue weighted by atomic mass is 16.5. The molecule has 0 aromatic heterocycles. The van der Waals surface area contributed by atoms with Crippen molar-refractivity contribution in [2.45, 2.75) is 52.0 Å². The highest BCUT2D eigenvalue weighted by molar-refractivity contribution is 4.80. The first-order valence-corrected chi connectivity index (χ1v) is 6.13. The van der Waals surface area contributed by atoms with Gasteiger partial charge in [-0.3, -0.25) is 0 Å². The summed E-state index contributed by atoms with van der Waals surface area (Å²) in [5.41, 5.74) is 5.94. The molecule has 0 saturated carbocycles. The van der Waals surface area contributed by atoms with E-state index in [4.69, 9.17) is 15.2 Å². The lowest BCUT2D eigenvalue weighted by molar-refractivity contribution is 0.0246. The maximum atomic E-state index is 6.09. The summed E-state index contributed by atoms with van der Waals surface area (Å²) in [6, 6.07) is 0. The fourth-order valence-corrected chi connectivity index (χ4v) is 1.20. The Morgan fingerprint density at radius 1 is 0.933 bits per heavy atom. The summed E-state index contributed by atoms with van der Waals surface area (Å²) in [5.74, 6) is 0. The third kappa shape index (κ3) is 7.77. The van der Waals surface area contributed by atoms with Crippen LogP contribution >= 0.6 is 0 Å². The van der Waals surface area contributed by atoms with E-state index in [1.54, 1.807) is 0 Å². The van der Waals surface area contributed by atoms with E-state index in [-0.39, 0.29) is 5.54 Å². The number of nitrogens with two attached hydrogens (primary N) is 1. The Kier molecular flexibility index (Phi) is 9.06. The number of unbranched alkanes of at least 4 members (excludes halogenated alkanes) is 1. The summed E-state index contributed by atoms with van der Waals surface area (Å²) in [5, 5.41) is 0. The maximum Gasteiger partial charge on any atom is 0.0701 e. The SMILES string of the molecule is CCCCOCCOCC(N)(CC)CC. The molecule has 0 fully saturated rings. The maximum absolute atomic E-state index is 6.09. The van der Waals surface area contributed by atoms with E-state index in [9.17, 15) is 0 Å². The molecule has 15 heavy (non-hydrogen) atoms. The van der Waals surface area contributed by atoms with E-state index in [0.717, 1.165) is 25.9 Å². The van der Waals surface area contributed by atoms with Crippen molar-refractivity contribution < 1.29 is 9.47 Å². The molecule has 0 aliphatic rings. The van der Waals surface area contributed by atoms with Gasteiger partial charge in [0.15, 0.2) is 0 Å². The summed E-state index contributed by atoms with van der Waals surface area (Å²) in [6.45, 7) is 9.18. The Morgan fingerprint density at radius 3 is 2.07 bits per heavy atom. The molecule has 0 atom stereocenters. The van der Waals surface area contributed by atoms with Gasteiger partial charge in [0.1, 0.15) is 0 Å². The average Bonchev–Trinajstić information content (AvgIpc) is 2.27. The molecule has 0 aromatic carbocycles. The van der Waals surface area contributed by atoms with E-state index < -0.39 is 0 Å². The Hall–Kier alpha value is -0.120. The fourth-order valence-electron chi connectivity index (χ4n) is 1.20. The Morgan fingerprint density at radius 2 is 1.53 bits per heavy atom. The van der Waals surface area contributed by atoms with Crippen LogP contribution in [0.3, 0.4) is 0 Å². The fraction of sp³-hybridized carbons (Fsp3) is 1.00. The summed E-state index contributed by atoms with van der Waals surface area (Å²) >= 11 is 0. The monoisotopic (exact) mass is 217 g/mol. The zero-order valence-electron chi connectivity index (χ0n) is 10.6. The van der Waals surface area contributed by atoms with Crippen molar-refractivity contribution in [1.29, 1.82) is 0 Å². The van der Waals surface area contributed by atoms with Gasteiger partial charge < -0.3 is 15.2 Å². The smallest absolute Gasteiger partial charge is 0.0701 e. The van der Waals surface area contributed by atoms with Gasteiger partial charge in [-0.15, -0.1) is 0 Å². The lowest BCUT2D eigenvalue weighted by Gasteiger charge is -2.26. The van der Waals surface area contributed by atoms with Crippen LogP contribution in [0, 0.1) is 0 Å². The summed E-state index contributed by atoms with van der Waals surface area (Å²) in [4.78, 5) is 0. The van der Waals surface area contributed by atoms with Crippen LogP contribution in [-0.4, -0.2) is 32.0 Å². The molecular formula is C12H27NO2. The second kappa shape index (κ2) is 9.13. The standard InChI is InChI=1S/C12H27NO2/c1-4-7-8-14-9-10-15-11-12(13,5-2)6-3/h4-11,13H2,1-3H3. The highest BCUT2D eigenvalue weighted by Crippen LogP contribution is 2.11. The van der Waals surface area contributed by atoms with Crippen LogP contribution in [0.4, 0.5) is 0 Å². The van der Waals surface area contributed by atoms with Crippen molar-refractivity contribution in [3.05, 3.63) is 0 Å². The molecule has 3 nitrogen and oxygen atoms in total. The first-order valence-electron chi connectivity index (χ1n) is 6.13. The summed E-state index contributed by atoms with van der Waals surface area (Å²) in [7, 11) is 0. The second-order valence-corrected chi connectivity index (χ2v) is 4.09. The largest absolute Gasteiger partial charge is 0.379 e. The topological polar surface area (TPSA) is 44.5 Å². The molecule has 0 saturated heterocycles. The molecule has 0 rings (SSSR count). The van der Waals surface area contributed by atoms with Crippen molar-refractivity contribution in [2.24, 2.45) is 5.73 Å². The predicted octanol–water partition coefficient (Wildman–Crippen LogP) is 2.34. The zero-order valence-corrected chi connectivity index (χ0v) is 10.6. The van der Waals surface area contributed by atoms with Gasteiger partial charge in [0.05, 0.1) is 19.8 Å². The first kappa shape index (κ1) is 14.9. The molecule has 0 bridgehead atoms. The van der Waals surface area contributed by atoms with Crippen molar-refractivity contribution in [1.82, 2.24) is 0 Å². The third-order valence-electron chi connectivity index (χ3n) is 2.81. The lowest BCUT2D eigenvalue weighted by Crippen LogP contribution is -2.43. The van der Waals surface area contributed by atoms with Gasteiger partial charge in [0.25, 0.3) is 0 Å². The Labute approximate surface area is 94.3 Å². The molecule has 3 heteroatoms. The minimum Gasteiger partial charge on any atom is -0.379 e. The van der Waals surface area contributed by atoms with Gasteiger partial charge in [0, 0.05) is 12.1 Å². The minimum absolute atomic E-state index is 0.149. The van der Waals surface area contributed by atoms with Crippen LogP contribution in [0.25, 0.3) is 0 Å². The number of rotatable bonds is 10. The van der Waals surface area contributed by atoms with Crippen molar-refractivity contribution in [3.8, 4) is 0 Å². The number of hydrogen-bond acceptors (Lipinski definition) is 3. The molecule has 0 aromatic rings. The van der Waals surface area contributed by atoms with Gasteiger partial charge >= 0.3 is 0 Å². The molecule has 0 aliphatic heterocycles. The molecule has 0 unspecified atom stereocenters. The van der Waals surface area contributed by atoms with Crippen LogP contribution in [-0.2, 0) is 9.47 Å². The van der Waals surface area contributed by atoms with Gasteiger partial charge in [-0.1, -0.05) is 27.2 Å².